The van der Waals surface area contributed by atoms with E-state index in [-0.39, 0.29) is 0 Å². The van der Waals surface area contributed by atoms with Gasteiger partial charge in [0.15, 0.2) is 0 Å². The van der Waals surface area contributed by atoms with Crippen molar-refractivity contribution in [3.05, 3.63) is 28.9 Å². The molecule has 0 heterocycles. The van der Waals surface area contributed by atoms with Crippen molar-refractivity contribution in [2.75, 3.05) is 0 Å². The van der Waals surface area contributed by atoms with Crippen LogP contribution >= 0.6 is 0 Å². The molecule has 1 nitrogen and oxygen atoms in total. The lowest BCUT2D eigenvalue weighted by atomic mass is 9.93. The van der Waals surface area contributed by atoms with Crippen molar-refractivity contribution >= 4 is 0 Å². The maximum atomic E-state index is 9.42. The zero-order valence-corrected chi connectivity index (χ0v) is 6.73. The summed E-state index contributed by atoms with van der Waals surface area (Å²) in [6.45, 7) is 5.93. The Balaban J connectivity index is 3.01. The Morgan fingerprint density at radius 2 is 1.90 bits per heavy atom. The Kier molecular flexibility index (Phi) is 1.84. The van der Waals surface area contributed by atoms with Gasteiger partial charge in [-0.3, -0.25) is 0 Å². The van der Waals surface area contributed by atoms with Gasteiger partial charge in [0.2, 0.25) is 0 Å². The van der Waals surface area contributed by atoms with E-state index in [0.29, 0.717) is 5.76 Å². The minimum atomic E-state index is 0.486. The first-order valence-electron chi connectivity index (χ1n) is 3.52. The Bertz CT molecular complexity index is 185. The molecule has 0 aromatic carbocycles. The van der Waals surface area contributed by atoms with Crippen LogP contribution in [0.2, 0.25) is 0 Å². The molecule has 0 saturated heterocycles. The molecular formula is C9H13O. The van der Waals surface area contributed by atoms with E-state index in [4.69, 9.17) is 0 Å². The molecule has 1 aliphatic rings. The summed E-state index contributed by atoms with van der Waals surface area (Å²) in [6, 6.07) is 0. The van der Waals surface area contributed by atoms with E-state index >= 15 is 0 Å². The maximum absolute atomic E-state index is 9.42. The molecule has 55 valence electrons. The highest BCUT2D eigenvalue weighted by molar-refractivity contribution is 5.39. The first-order chi connectivity index (χ1) is 4.63. The van der Waals surface area contributed by atoms with Crippen molar-refractivity contribution in [1.29, 1.82) is 0 Å². The van der Waals surface area contributed by atoms with Crippen LogP contribution in [0.3, 0.4) is 0 Å². The lowest BCUT2D eigenvalue weighted by Crippen LogP contribution is -2.00. The van der Waals surface area contributed by atoms with Crippen LogP contribution in [-0.2, 0) is 0 Å². The lowest BCUT2D eigenvalue weighted by molar-refractivity contribution is 0.411. The number of hydrogen-bond donors (Lipinski definition) is 1. The van der Waals surface area contributed by atoms with Crippen LogP contribution < -0.4 is 0 Å². The largest absolute Gasteiger partial charge is 0.508 e. The summed E-state index contributed by atoms with van der Waals surface area (Å²) in [5, 5.41) is 9.42. The molecule has 1 aliphatic carbocycles. The van der Waals surface area contributed by atoms with Crippen LogP contribution in [0.1, 0.15) is 27.2 Å². The van der Waals surface area contributed by atoms with Crippen molar-refractivity contribution in [2.24, 2.45) is 0 Å². The van der Waals surface area contributed by atoms with E-state index < -0.39 is 0 Å². The summed E-state index contributed by atoms with van der Waals surface area (Å²) in [7, 11) is 0. The second-order valence-electron chi connectivity index (χ2n) is 2.85. The quantitative estimate of drug-likeness (QED) is 0.544. The second kappa shape index (κ2) is 2.49. The van der Waals surface area contributed by atoms with Crippen LogP contribution in [0.4, 0.5) is 0 Å². The number of hydrogen-bond acceptors (Lipinski definition) is 1. The summed E-state index contributed by atoms with van der Waals surface area (Å²) in [4.78, 5) is 0. The molecule has 10 heavy (non-hydrogen) atoms. The van der Waals surface area contributed by atoms with Gasteiger partial charge in [0.1, 0.15) is 5.76 Å². The first-order valence-corrected chi connectivity index (χ1v) is 3.52. The molecule has 0 aromatic heterocycles. The monoisotopic (exact) mass is 137 g/mol. The smallest absolute Gasteiger partial charge is 0.117 e. The van der Waals surface area contributed by atoms with Gasteiger partial charge < -0.3 is 5.11 Å². The van der Waals surface area contributed by atoms with Crippen LogP contribution in [0.15, 0.2) is 22.5 Å². The van der Waals surface area contributed by atoms with Gasteiger partial charge >= 0.3 is 0 Å². The molecule has 1 N–H and O–H groups in total. The van der Waals surface area contributed by atoms with Crippen molar-refractivity contribution in [1.82, 2.24) is 0 Å². The first kappa shape index (κ1) is 7.39. The molecule has 0 amide bonds. The van der Waals surface area contributed by atoms with Crippen LogP contribution in [0.25, 0.3) is 0 Å². The lowest BCUT2D eigenvalue weighted by Gasteiger charge is -2.15. The highest BCUT2D eigenvalue weighted by Gasteiger charge is 2.11. The Morgan fingerprint density at radius 1 is 1.30 bits per heavy atom. The highest BCUT2D eigenvalue weighted by Crippen LogP contribution is 2.26. The van der Waals surface area contributed by atoms with Gasteiger partial charge in [-0.15, -0.1) is 0 Å². The van der Waals surface area contributed by atoms with Crippen LogP contribution in [-0.4, -0.2) is 5.11 Å². The highest BCUT2D eigenvalue weighted by atomic mass is 16.3. The summed E-state index contributed by atoms with van der Waals surface area (Å²) in [5.74, 6) is 0.486. The average Bonchev–Trinajstić information content (AvgIpc) is 1.93. The molecule has 0 saturated carbocycles. The molecule has 0 unspecified atom stereocenters. The summed E-state index contributed by atoms with van der Waals surface area (Å²) in [5.41, 5.74) is 3.29. The summed E-state index contributed by atoms with van der Waals surface area (Å²) in [6.07, 6.45) is 3.04. The minimum Gasteiger partial charge on any atom is -0.508 e. The third kappa shape index (κ3) is 1.08. The van der Waals surface area contributed by atoms with E-state index in [1.165, 1.54) is 5.57 Å². The van der Waals surface area contributed by atoms with Gasteiger partial charge in [-0.1, -0.05) is 5.57 Å². The van der Waals surface area contributed by atoms with Crippen LogP contribution in [0, 0.1) is 6.42 Å². The summed E-state index contributed by atoms with van der Waals surface area (Å²) < 4.78 is 0. The van der Waals surface area contributed by atoms with Crippen molar-refractivity contribution in [3.8, 4) is 0 Å². The van der Waals surface area contributed by atoms with E-state index in [2.05, 4.69) is 6.42 Å². The standard InChI is InChI=1S/C9H13O/c1-6-4-5-7(2)9(10)8(6)3/h4,10H,5H2,1-3H3. The zero-order valence-electron chi connectivity index (χ0n) is 6.73. The molecular weight excluding hydrogens is 124 g/mol. The molecule has 0 spiro atoms. The third-order valence-electron chi connectivity index (χ3n) is 2.07. The Morgan fingerprint density at radius 3 is 2.40 bits per heavy atom. The topological polar surface area (TPSA) is 20.2 Å². The number of aliphatic hydroxyl groups excluding tert-OH is 1. The predicted molar refractivity (Wildman–Crippen MR) is 42.6 cm³/mol. The van der Waals surface area contributed by atoms with Crippen molar-refractivity contribution in [2.45, 2.75) is 27.2 Å². The molecule has 0 atom stereocenters. The zero-order chi connectivity index (χ0) is 7.72. The predicted octanol–water partition coefficient (Wildman–Crippen LogP) is 2.76. The van der Waals surface area contributed by atoms with Gasteiger partial charge in [-0.2, -0.15) is 0 Å². The summed E-state index contributed by atoms with van der Waals surface area (Å²) >= 11 is 0. The SMILES string of the molecule is CC1=C(C)C(O)=C(C)C[CH]1. The molecule has 1 heteroatoms. The number of aliphatic hydroxyl groups is 1. The number of allylic oxidation sites excluding steroid dienone is 3. The second-order valence-corrected chi connectivity index (χ2v) is 2.85. The number of rotatable bonds is 0. The molecule has 1 rings (SSSR count). The van der Waals surface area contributed by atoms with Gasteiger partial charge in [0, 0.05) is 0 Å². The molecule has 0 aliphatic heterocycles. The van der Waals surface area contributed by atoms with E-state index in [9.17, 15) is 5.11 Å². The van der Waals surface area contributed by atoms with Crippen molar-refractivity contribution in [3.63, 3.8) is 0 Å². The van der Waals surface area contributed by atoms with Crippen LogP contribution in [0.5, 0.6) is 0 Å². The molecule has 0 bridgehead atoms. The van der Waals surface area contributed by atoms with Gasteiger partial charge in [0.05, 0.1) is 0 Å². The Hall–Kier alpha value is -0.720. The van der Waals surface area contributed by atoms with Crippen molar-refractivity contribution < 1.29 is 5.11 Å². The third-order valence-corrected chi connectivity index (χ3v) is 2.07. The molecule has 1 radical (unpaired) electrons. The molecule has 0 fully saturated rings. The molecule has 0 aromatic rings. The normalized spacial score (nSPS) is 20.3. The maximum Gasteiger partial charge on any atom is 0.117 e. The van der Waals surface area contributed by atoms with E-state index in [0.717, 1.165) is 17.6 Å². The average molecular weight is 137 g/mol. The minimum absolute atomic E-state index is 0.486. The Labute approximate surface area is 62.1 Å². The fourth-order valence-electron chi connectivity index (χ4n) is 1.06. The van der Waals surface area contributed by atoms with E-state index in [1.807, 2.05) is 20.8 Å². The van der Waals surface area contributed by atoms with Gasteiger partial charge in [-0.05, 0) is 44.8 Å². The van der Waals surface area contributed by atoms with Gasteiger partial charge in [-0.25, -0.2) is 0 Å². The van der Waals surface area contributed by atoms with Gasteiger partial charge in [0.25, 0.3) is 0 Å². The van der Waals surface area contributed by atoms with E-state index in [1.54, 1.807) is 0 Å². The fourth-order valence-corrected chi connectivity index (χ4v) is 1.06. The fraction of sp³-hybridized carbons (Fsp3) is 0.444.